The van der Waals surface area contributed by atoms with E-state index in [1.807, 2.05) is 58.4 Å². The van der Waals surface area contributed by atoms with Crippen LogP contribution in [-0.4, -0.2) is 127 Å². The van der Waals surface area contributed by atoms with E-state index in [0.29, 0.717) is 35.1 Å². The summed E-state index contributed by atoms with van der Waals surface area (Å²) in [7, 11) is -2.93. The molecule has 4 heterocycles. The molecule has 6 rings (SSSR count). The van der Waals surface area contributed by atoms with E-state index in [1.165, 1.54) is 19.4 Å². The molecule has 384 valence electrons. The van der Waals surface area contributed by atoms with Gasteiger partial charge in [0.15, 0.2) is 0 Å². The monoisotopic (exact) mass is 992 g/mol. The van der Waals surface area contributed by atoms with Crippen molar-refractivity contribution in [2.75, 3.05) is 65.9 Å². The van der Waals surface area contributed by atoms with Gasteiger partial charge in [-0.25, -0.2) is 9.59 Å². The average molecular weight is 993 g/mol. The minimum Gasteiger partial charge on any atom is -0.508 e. The highest BCUT2D eigenvalue weighted by Crippen LogP contribution is 2.44. The van der Waals surface area contributed by atoms with Gasteiger partial charge >= 0.3 is 11.9 Å². The number of hydrogen-bond acceptors (Lipinski definition) is 15. The molecule has 2 unspecified atom stereocenters. The number of benzene rings is 2. The molecular weight excluding hydrogens is 920 g/mol. The van der Waals surface area contributed by atoms with E-state index in [-0.39, 0.29) is 85.2 Å². The summed E-state index contributed by atoms with van der Waals surface area (Å²) in [4.78, 5) is 65.5. The van der Waals surface area contributed by atoms with Crippen molar-refractivity contribution in [3.05, 3.63) is 94.1 Å². The van der Waals surface area contributed by atoms with E-state index in [4.69, 9.17) is 23.7 Å². The molecule has 2 aromatic carbocycles. The largest absolute Gasteiger partial charge is 0.508 e. The number of allylic oxidation sites excluding steroid dienone is 4. The van der Waals surface area contributed by atoms with Crippen LogP contribution in [0.3, 0.4) is 0 Å². The summed E-state index contributed by atoms with van der Waals surface area (Å²) in [5, 5.41) is 31.5. The number of carbonyl (C=O) groups excluding carboxylic acids is 4. The number of nitrogens with one attached hydrogen (secondary N) is 2. The molecule has 0 aromatic heterocycles. The lowest BCUT2D eigenvalue weighted by Gasteiger charge is -2.27. The molecule has 2 fully saturated rings. The van der Waals surface area contributed by atoms with Crippen LogP contribution in [0.15, 0.2) is 60.7 Å². The lowest BCUT2D eigenvalue weighted by Crippen LogP contribution is -2.40. The first-order valence-electron chi connectivity index (χ1n) is 24.5. The number of fused-ring (bicyclic) bond motifs is 2. The molecule has 4 aliphatic rings. The minimum absolute atomic E-state index is 0.0379. The SMILES string of the molecule is Cc1c(O)cc(O)c2c1CC(NOCC(=O)N1CCCCC1)/C=C/CC/C=C/CCOC2=O.Cc1c(OP(C)(C)=O)cc(O)c2c1CC(NOCC(=O)N1CCCCC1)/C=C/CC/C=C/CCOC2=O. The maximum Gasteiger partial charge on any atom is 0.342 e. The number of cyclic esters (lactones) is 2. The van der Waals surface area contributed by atoms with Gasteiger partial charge in [-0.05, 0) is 126 Å². The van der Waals surface area contributed by atoms with Gasteiger partial charge in [0.1, 0.15) is 47.3 Å². The third-order valence-corrected chi connectivity index (χ3v) is 12.9. The predicted octanol–water partition coefficient (Wildman–Crippen LogP) is 7.82. The van der Waals surface area contributed by atoms with Crippen molar-refractivity contribution in [2.24, 2.45) is 0 Å². The van der Waals surface area contributed by atoms with E-state index in [2.05, 4.69) is 11.0 Å². The first-order valence-corrected chi connectivity index (χ1v) is 27.1. The van der Waals surface area contributed by atoms with Crippen LogP contribution in [0, 0.1) is 13.8 Å². The van der Waals surface area contributed by atoms with Gasteiger partial charge in [-0.3, -0.25) is 23.8 Å². The van der Waals surface area contributed by atoms with Crippen LogP contribution in [0.4, 0.5) is 0 Å². The molecule has 4 aliphatic heterocycles. The highest BCUT2D eigenvalue weighted by Gasteiger charge is 2.28. The quantitative estimate of drug-likeness (QED) is 0.0663. The Balaban J connectivity index is 0.000000262. The number of hydrogen-bond donors (Lipinski definition) is 5. The van der Waals surface area contributed by atoms with Crippen LogP contribution < -0.4 is 15.5 Å². The summed E-state index contributed by atoms with van der Waals surface area (Å²) in [6.45, 7) is 9.60. The number of ether oxygens (including phenoxy) is 2. The molecule has 0 aliphatic carbocycles. The van der Waals surface area contributed by atoms with Crippen LogP contribution >= 0.6 is 7.37 Å². The van der Waals surface area contributed by atoms with E-state index in [1.54, 1.807) is 13.8 Å². The fourth-order valence-corrected chi connectivity index (χ4v) is 9.15. The maximum absolute atomic E-state index is 13.0. The molecule has 0 bridgehead atoms. The Labute approximate surface area is 412 Å². The van der Waals surface area contributed by atoms with Crippen molar-refractivity contribution in [1.29, 1.82) is 0 Å². The number of esters is 2. The summed E-state index contributed by atoms with van der Waals surface area (Å²) in [5.74, 6) is -1.92. The molecule has 0 saturated carbocycles. The number of hydroxylamine groups is 2. The van der Waals surface area contributed by atoms with Crippen molar-refractivity contribution in [3.8, 4) is 23.0 Å². The number of rotatable bonds is 10. The second-order valence-electron chi connectivity index (χ2n) is 18.2. The smallest absolute Gasteiger partial charge is 0.342 e. The fraction of sp³-hybridized carbons (Fsp3) is 0.538. The molecule has 70 heavy (non-hydrogen) atoms. The third kappa shape index (κ3) is 17.7. The standard InChI is InChI=1S/C27H39N2O7P.C25H34N2O6/c1-20-22-17-21(28-35-19-25(31)29-14-10-8-11-15-29)13-9-6-4-5-7-12-16-34-27(32)26(22)23(30)18-24(20)36-37(2,3)33;1-18-20-15-19(26-33-17-23(30)27-12-8-6-9-13-27)11-7-4-2-3-5-10-14-32-25(31)24(20)22(29)16-21(18)28/h5,7,9,13,18,21,28,30H,4,6,8,10-12,14-17,19H2,1-3H3;3,5,7,11,16,19,26,28-29H,2,4,6,8-10,12-15,17H2,1H3/b7-5+,13-9+;5-3+,11-7+. The van der Waals surface area contributed by atoms with Gasteiger partial charge in [-0.2, -0.15) is 11.0 Å². The topological polar surface area (TPSA) is 223 Å². The third-order valence-electron chi connectivity index (χ3n) is 12.3. The molecule has 18 heteroatoms. The van der Waals surface area contributed by atoms with E-state index in [0.717, 1.165) is 96.5 Å². The van der Waals surface area contributed by atoms with Crippen LogP contribution in [0.25, 0.3) is 0 Å². The van der Waals surface area contributed by atoms with Crippen molar-refractivity contribution < 1.29 is 62.7 Å². The van der Waals surface area contributed by atoms with Gasteiger partial charge in [0.05, 0.1) is 25.3 Å². The van der Waals surface area contributed by atoms with Gasteiger partial charge in [0.25, 0.3) is 11.8 Å². The van der Waals surface area contributed by atoms with Crippen molar-refractivity contribution >= 4 is 31.1 Å². The molecule has 5 N–H and O–H groups in total. The number of amides is 2. The zero-order chi connectivity index (χ0) is 50.5. The van der Waals surface area contributed by atoms with Crippen molar-refractivity contribution in [2.45, 2.75) is 116 Å². The van der Waals surface area contributed by atoms with Crippen LogP contribution in [0.1, 0.15) is 120 Å². The zero-order valence-corrected chi connectivity index (χ0v) is 42.1. The van der Waals surface area contributed by atoms with Crippen LogP contribution in [-0.2, 0) is 46.1 Å². The second kappa shape index (κ2) is 28.4. The summed E-state index contributed by atoms with van der Waals surface area (Å²) < 4.78 is 28.8. The Hall–Kier alpha value is -5.45. The molecule has 2 atom stereocenters. The molecule has 2 saturated heterocycles. The fourth-order valence-electron chi connectivity index (χ4n) is 8.49. The van der Waals surface area contributed by atoms with Gasteiger partial charge in [0, 0.05) is 51.6 Å². The summed E-state index contributed by atoms with van der Waals surface area (Å²) in [6.07, 6.45) is 27.1. The lowest BCUT2D eigenvalue weighted by molar-refractivity contribution is -0.141. The molecular formula is C52H73N4O13P. The highest BCUT2D eigenvalue weighted by atomic mass is 31.2. The van der Waals surface area contributed by atoms with Crippen LogP contribution in [0.5, 0.6) is 23.0 Å². The van der Waals surface area contributed by atoms with Crippen molar-refractivity contribution in [1.82, 2.24) is 20.8 Å². The summed E-state index contributed by atoms with van der Waals surface area (Å²) >= 11 is 0. The molecule has 2 aromatic rings. The second-order valence-corrected chi connectivity index (χ2v) is 20.9. The number of nitrogens with zero attached hydrogens (tertiary/aromatic N) is 2. The first-order chi connectivity index (χ1) is 33.6. The molecule has 0 radical (unpaired) electrons. The normalized spacial score (nSPS) is 21.7. The first kappa shape index (κ1) is 55.5. The van der Waals surface area contributed by atoms with Crippen molar-refractivity contribution in [3.63, 3.8) is 0 Å². The zero-order valence-electron chi connectivity index (χ0n) is 41.3. The Morgan fingerprint density at radius 3 is 1.49 bits per heavy atom. The van der Waals surface area contributed by atoms with E-state index in [9.17, 15) is 39.1 Å². The Morgan fingerprint density at radius 2 is 1.03 bits per heavy atom. The minimum atomic E-state index is -2.93. The van der Waals surface area contributed by atoms with Crippen LogP contribution in [0.2, 0.25) is 0 Å². The van der Waals surface area contributed by atoms with Gasteiger partial charge in [-0.1, -0.05) is 48.6 Å². The number of piperidine rings is 2. The average Bonchev–Trinajstić information content (AvgIpc) is 3.32. The summed E-state index contributed by atoms with van der Waals surface area (Å²) in [6, 6.07) is 1.66. The number of likely N-dealkylation sites (tertiary alicyclic amines) is 2. The summed E-state index contributed by atoms with van der Waals surface area (Å²) in [5.41, 5.74) is 7.99. The highest BCUT2D eigenvalue weighted by molar-refractivity contribution is 7.57. The van der Waals surface area contributed by atoms with E-state index >= 15 is 0 Å². The molecule has 0 spiro atoms. The number of phenols is 3. The number of phenolic OH excluding ortho intramolecular Hbond substituents is 3. The Morgan fingerprint density at radius 1 is 0.614 bits per heavy atom. The van der Waals surface area contributed by atoms with Gasteiger partial charge < -0.3 is 39.1 Å². The van der Waals surface area contributed by atoms with Gasteiger partial charge in [-0.15, -0.1) is 0 Å². The number of carbonyl (C=O) groups is 4. The Bertz CT molecular complexity index is 2260. The lowest BCUT2D eigenvalue weighted by atomic mass is 9.93. The maximum atomic E-state index is 13.0. The Kier molecular flexibility index (Phi) is 22.5. The number of aromatic hydroxyl groups is 3. The predicted molar refractivity (Wildman–Crippen MR) is 266 cm³/mol. The molecule has 2 amide bonds. The van der Waals surface area contributed by atoms with E-state index < -0.39 is 31.4 Å². The van der Waals surface area contributed by atoms with Gasteiger partial charge in [0.2, 0.25) is 7.37 Å². The molecule has 17 nitrogen and oxygen atoms in total.